The largest absolute Gasteiger partial charge is 0.480 e. The van der Waals surface area contributed by atoms with E-state index in [4.69, 9.17) is 16.3 Å². The molecule has 0 saturated carbocycles. The molecule has 3 aromatic rings. The van der Waals surface area contributed by atoms with Gasteiger partial charge in [-0.2, -0.15) is 0 Å². The molecule has 0 radical (unpaired) electrons. The van der Waals surface area contributed by atoms with Crippen molar-refractivity contribution in [1.82, 2.24) is 0 Å². The fourth-order valence-electron chi connectivity index (χ4n) is 3.02. The quantitative estimate of drug-likeness (QED) is 0.421. The summed E-state index contributed by atoms with van der Waals surface area (Å²) >= 11 is 9.33. The smallest absolute Gasteiger partial charge is 0.265 e. The molecule has 3 aromatic carbocycles. The highest BCUT2D eigenvalue weighted by molar-refractivity contribution is 9.10. The summed E-state index contributed by atoms with van der Waals surface area (Å²) in [6.45, 7) is 4.05. The van der Waals surface area contributed by atoms with Crippen LogP contribution in [-0.2, 0) is 4.79 Å². The predicted molar refractivity (Wildman–Crippen MR) is 128 cm³/mol. The van der Waals surface area contributed by atoms with Crippen LogP contribution < -0.4 is 15.0 Å². The van der Waals surface area contributed by atoms with Gasteiger partial charge in [0.05, 0.1) is 15.7 Å². The van der Waals surface area contributed by atoms with Gasteiger partial charge in [0, 0.05) is 17.3 Å². The number of hydrogen-bond acceptors (Lipinski definition) is 3. The van der Waals surface area contributed by atoms with Crippen LogP contribution in [0.4, 0.5) is 11.4 Å². The molecule has 0 fully saturated rings. The maximum atomic E-state index is 13.2. The number of ether oxygens (including phenoxy) is 1. The van der Waals surface area contributed by atoms with Crippen LogP contribution in [0.1, 0.15) is 24.2 Å². The minimum Gasteiger partial charge on any atom is -0.480 e. The first kappa shape index (κ1) is 22.8. The fourth-order valence-corrected chi connectivity index (χ4v) is 3.80. The van der Waals surface area contributed by atoms with Crippen LogP contribution in [0, 0.1) is 0 Å². The first-order valence-electron chi connectivity index (χ1n) is 9.79. The molecule has 1 N–H and O–H groups in total. The molecule has 7 heteroatoms. The Morgan fingerprint density at radius 3 is 2.42 bits per heavy atom. The van der Waals surface area contributed by atoms with Crippen LogP contribution in [0.25, 0.3) is 0 Å². The summed E-state index contributed by atoms with van der Waals surface area (Å²) < 4.78 is 6.41. The highest BCUT2D eigenvalue weighted by atomic mass is 79.9. The Balaban J connectivity index is 1.78. The third kappa shape index (κ3) is 5.66. The highest BCUT2D eigenvalue weighted by Crippen LogP contribution is 2.29. The average molecular weight is 502 g/mol. The lowest BCUT2D eigenvalue weighted by Crippen LogP contribution is -2.33. The van der Waals surface area contributed by atoms with E-state index in [0.29, 0.717) is 33.0 Å². The molecule has 1 atom stereocenters. The third-order valence-corrected chi connectivity index (χ3v) is 5.47. The number of hydrogen-bond donors (Lipinski definition) is 1. The maximum Gasteiger partial charge on any atom is 0.265 e. The van der Waals surface area contributed by atoms with E-state index in [1.165, 1.54) is 0 Å². The molecule has 160 valence electrons. The minimum absolute atomic E-state index is 0.196. The Bertz CT molecular complexity index is 1080. The first-order chi connectivity index (χ1) is 14.9. The summed E-state index contributed by atoms with van der Waals surface area (Å²) in [7, 11) is 0. The summed E-state index contributed by atoms with van der Waals surface area (Å²) in [5.41, 5.74) is 1.62. The zero-order valence-electron chi connectivity index (χ0n) is 17.1. The van der Waals surface area contributed by atoms with Gasteiger partial charge in [0.1, 0.15) is 5.75 Å². The van der Waals surface area contributed by atoms with Crippen molar-refractivity contribution in [1.29, 1.82) is 0 Å². The van der Waals surface area contributed by atoms with Crippen LogP contribution in [0.3, 0.4) is 0 Å². The van der Waals surface area contributed by atoms with Crippen LogP contribution in [-0.4, -0.2) is 24.5 Å². The van der Waals surface area contributed by atoms with Crippen molar-refractivity contribution in [2.75, 3.05) is 16.8 Å². The number of rotatable bonds is 7. The second-order valence-corrected chi connectivity index (χ2v) is 8.05. The van der Waals surface area contributed by atoms with Crippen LogP contribution in [0.5, 0.6) is 5.75 Å². The summed E-state index contributed by atoms with van der Waals surface area (Å²) in [5.74, 6) is -0.0684. The molecule has 0 aliphatic carbocycles. The molecule has 1 unspecified atom stereocenters. The van der Waals surface area contributed by atoms with Crippen LogP contribution in [0.2, 0.25) is 5.02 Å². The Morgan fingerprint density at radius 2 is 1.74 bits per heavy atom. The van der Waals surface area contributed by atoms with Crippen LogP contribution >= 0.6 is 27.5 Å². The lowest BCUT2D eigenvalue weighted by Gasteiger charge is -2.23. The second kappa shape index (κ2) is 10.5. The van der Waals surface area contributed by atoms with E-state index in [9.17, 15) is 9.59 Å². The highest BCUT2D eigenvalue weighted by Gasteiger charge is 2.22. The van der Waals surface area contributed by atoms with Crippen molar-refractivity contribution in [2.24, 2.45) is 0 Å². The molecule has 0 spiro atoms. The molecular formula is C24H22BrClN2O3. The number of nitrogens with one attached hydrogen (secondary N) is 1. The predicted octanol–water partition coefficient (Wildman–Crippen LogP) is 6.18. The van der Waals surface area contributed by atoms with E-state index < -0.39 is 6.10 Å². The average Bonchev–Trinajstić information content (AvgIpc) is 2.77. The number of benzene rings is 3. The number of para-hydroxylation sites is 2. The Kier molecular flexibility index (Phi) is 7.71. The number of amides is 2. The third-order valence-electron chi connectivity index (χ3n) is 4.61. The number of carbonyl (C=O) groups is 2. The topological polar surface area (TPSA) is 58.6 Å². The van der Waals surface area contributed by atoms with E-state index >= 15 is 0 Å². The molecule has 2 amide bonds. The molecule has 31 heavy (non-hydrogen) atoms. The summed E-state index contributed by atoms with van der Waals surface area (Å²) in [6, 6.07) is 21.4. The molecule has 3 rings (SSSR count). The summed E-state index contributed by atoms with van der Waals surface area (Å²) in [5, 5.41) is 3.38. The zero-order chi connectivity index (χ0) is 22.4. The van der Waals surface area contributed by atoms with Gasteiger partial charge in [-0.05, 0) is 72.2 Å². The SMILES string of the molecule is CCN(C(=O)c1ccccc1NC(=O)C(C)Oc1ccc(Cl)cc1Br)c1ccccc1. The second-order valence-electron chi connectivity index (χ2n) is 6.75. The first-order valence-corrected chi connectivity index (χ1v) is 11.0. The van der Waals surface area contributed by atoms with Crippen molar-refractivity contribution in [3.8, 4) is 5.75 Å². The van der Waals surface area contributed by atoms with Gasteiger partial charge in [-0.3, -0.25) is 9.59 Å². The molecule has 0 heterocycles. The summed E-state index contributed by atoms with van der Waals surface area (Å²) in [4.78, 5) is 27.7. The Hall–Kier alpha value is -2.83. The van der Waals surface area contributed by atoms with Gasteiger partial charge < -0.3 is 15.0 Å². The van der Waals surface area contributed by atoms with E-state index in [2.05, 4.69) is 21.2 Å². The molecule has 0 saturated heterocycles. The van der Waals surface area contributed by atoms with Crippen molar-refractivity contribution in [3.05, 3.63) is 87.9 Å². The molecule has 0 bridgehead atoms. The zero-order valence-corrected chi connectivity index (χ0v) is 19.5. The van der Waals surface area contributed by atoms with Gasteiger partial charge >= 0.3 is 0 Å². The van der Waals surface area contributed by atoms with Crippen LogP contribution in [0.15, 0.2) is 77.3 Å². The van der Waals surface area contributed by atoms with Gasteiger partial charge in [0.25, 0.3) is 11.8 Å². The maximum absolute atomic E-state index is 13.2. The standard InChI is InChI=1S/C24H22BrClN2O3/c1-3-28(18-9-5-4-6-10-18)24(30)19-11-7-8-12-21(19)27-23(29)16(2)31-22-14-13-17(26)15-20(22)25/h4-16H,3H2,1-2H3,(H,27,29). The van der Waals surface area contributed by atoms with Gasteiger partial charge in [-0.25, -0.2) is 0 Å². The van der Waals surface area contributed by atoms with Gasteiger partial charge in [0.15, 0.2) is 6.10 Å². The van der Waals surface area contributed by atoms with E-state index in [1.54, 1.807) is 54.3 Å². The van der Waals surface area contributed by atoms with Gasteiger partial charge in [0.2, 0.25) is 0 Å². The minimum atomic E-state index is -0.794. The fraction of sp³-hybridized carbons (Fsp3) is 0.167. The number of halogens is 2. The lowest BCUT2D eigenvalue weighted by molar-refractivity contribution is -0.122. The van der Waals surface area contributed by atoms with Crippen molar-refractivity contribution in [2.45, 2.75) is 20.0 Å². The van der Waals surface area contributed by atoms with Crippen molar-refractivity contribution in [3.63, 3.8) is 0 Å². The Labute approximate surface area is 195 Å². The van der Waals surface area contributed by atoms with E-state index in [1.807, 2.05) is 37.3 Å². The number of nitrogens with zero attached hydrogens (tertiary/aromatic N) is 1. The molecule has 0 aliphatic rings. The number of anilines is 2. The van der Waals surface area contributed by atoms with Crippen molar-refractivity contribution >= 4 is 50.7 Å². The van der Waals surface area contributed by atoms with E-state index in [0.717, 1.165) is 5.69 Å². The monoisotopic (exact) mass is 500 g/mol. The van der Waals surface area contributed by atoms with Gasteiger partial charge in [-0.1, -0.05) is 41.9 Å². The molecule has 0 aliphatic heterocycles. The molecule has 0 aromatic heterocycles. The molecule has 5 nitrogen and oxygen atoms in total. The van der Waals surface area contributed by atoms with Crippen molar-refractivity contribution < 1.29 is 14.3 Å². The summed E-state index contributed by atoms with van der Waals surface area (Å²) in [6.07, 6.45) is -0.794. The molecular weight excluding hydrogens is 480 g/mol. The van der Waals surface area contributed by atoms with E-state index in [-0.39, 0.29) is 11.8 Å². The normalized spacial score (nSPS) is 11.5. The van der Waals surface area contributed by atoms with Gasteiger partial charge in [-0.15, -0.1) is 0 Å². The Morgan fingerprint density at radius 1 is 1.06 bits per heavy atom. The lowest BCUT2D eigenvalue weighted by atomic mass is 10.1. The number of carbonyl (C=O) groups excluding carboxylic acids is 2.